The summed E-state index contributed by atoms with van der Waals surface area (Å²) < 4.78 is 6.21. The SMILES string of the molecule is C[Si](C)(C)Oc1cccc([S+](c2ccccc2)c2ccccc2)c1. The van der Waals surface area contributed by atoms with E-state index in [9.17, 15) is 0 Å². The van der Waals surface area contributed by atoms with Crippen molar-refractivity contribution in [3.63, 3.8) is 0 Å². The highest BCUT2D eigenvalue weighted by Gasteiger charge is 2.29. The first kappa shape index (κ1) is 16.9. The van der Waals surface area contributed by atoms with Gasteiger partial charge in [0.1, 0.15) is 5.75 Å². The van der Waals surface area contributed by atoms with Crippen molar-refractivity contribution >= 4 is 19.2 Å². The molecule has 3 aromatic rings. The Hall–Kier alpha value is -1.97. The predicted octanol–water partition coefficient (Wildman–Crippen LogP) is 6.00. The van der Waals surface area contributed by atoms with Gasteiger partial charge in [-0.2, -0.15) is 0 Å². The van der Waals surface area contributed by atoms with Crippen molar-refractivity contribution in [3.8, 4) is 5.75 Å². The van der Waals surface area contributed by atoms with Crippen molar-refractivity contribution in [1.82, 2.24) is 0 Å². The lowest BCUT2D eigenvalue weighted by Gasteiger charge is -2.19. The van der Waals surface area contributed by atoms with Crippen LogP contribution >= 0.6 is 0 Å². The van der Waals surface area contributed by atoms with E-state index in [-0.39, 0.29) is 10.9 Å². The van der Waals surface area contributed by atoms with E-state index in [0.717, 1.165) is 5.75 Å². The maximum atomic E-state index is 6.21. The summed E-state index contributed by atoms with van der Waals surface area (Å²) in [7, 11) is -1.73. The summed E-state index contributed by atoms with van der Waals surface area (Å²) in [6.45, 7) is 6.65. The summed E-state index contributed by atoms with van der Waals surface area (Å²) in [6.07, 6.45) is 0. The predicted molar refractivity (Wildman–Crippen MR) is 105 cm³/mol. The monoisotopic (exact) mass is 351 g/mol. The summed E-state index contributed by atoms with van der Waals surface area (Å²) in [4.78, 5) is 3.95. The molecule has 0 aliphatic rings. The number of hydrogen-bond acceptors (Lipinski definition) is 1. The zero-order valence-electron chi connectivity index (χ0n) is 14.4. The fourth-order valence-corrected chi connectivity index (χ4v) is 5.50. The Bertz CT molecular complexity index is 742. The minimum absolute atomic E-state index is 0.118. The van der Waals surface area contributed by atoms with Crippen molar-refractivity contribution < 1.29 is 4.43 Å². The average molecular weight is 352 g/mol. The molecule has 0 spiro atoms. The van der Waals surface area contributed by atoms with Crippen LogP contribution in [0, 0.1) is 0 Å². The van der Waals surface area contributed by atoms with E-state index in [1.807, 2.05) is 0 Å². The summed E-state index contributed by atoms with van der Waals surface area (Å²) in [5.74, 6) is 0.982. The molecule has 3 rings (SSSR count). The molecule has 0 aromatic heterocycles. The van der Waals surface area contributed by atoms with Gasteiger partial charge in [0.15, 0.2) is 14.7 Å². The van der Waals surface area contributed by atoms with Crippen LogP contribution in [0.2, 0.25) is 19.6 Å². The molecule has 0 aliphatic carbocycles. The Balaban J connectivity index is 2.05. The fourth-order valence-electron chi connectivity index (χ4n) is 2.54. The lowest BCUT2D eigenvalue weighted by molar-refractivity contribution is 0.556. The molecule has 0 aliphatic heterocycles. The van der Waals surface area contributed by atoms with E-state index in [1.165, 1.54) is 14.7 Å². The third-order valence-electron chi connectivity index (χ3n) is 3.42. The Morgan fingerprint density at radius 2 is 1.12 bits per heavy atom. The van der Waals surface area contributed by atoms with Crippen LogP contribution in [0.25, 0.3) is 0 Å². The van der Waals surface area contributed by atoms with Gasteiger partial charge in [-0.1, -0.05) is 42.5 Å². The lowest BCUT2D eigenvalue weighted by Crippen LogP contribution is -2.29. The molecule has 0 atom stereocenters. The minimum atomic E-state index is -1.61. The highest BCUT2D eigenvalue weighted by atomic mass is 32.2. The molecule has 3 heteroatoms. The van der Waals surface area contributed by atoms with E-state index >= 15 is 0 Å². The van der Waals surface area contributed by atoms with Gasteiger partial charge in [0.2, 0.25) is 8.32 Å². The van der Waals surface area contributed by atoms with Gasteiger partial charge in [-0.15, -0.1) is 0 Å². The van der Waals surface area contributed by atoms with Gasteiger partial charge in [-0.05, 0) is 56.0 Å². The first-order valence-electron chi connectivity index (χ1n) is 8.16. The second-order valence-corrected chi connectivity index (χ2v) is 13.1. The molecule has 0 saturated carbocycles. The van der Waals surface area contributed by atoms with Gasteiger partial charge in [-0.3, -0.25) is 0 Å². The molecular weight excluding hydrogens is 328 g/mol. The van der Waals surface area contributed by atoms with Crippen LogP contribution in [-0.4, -0.2) is 8.32 Å². The van der Waals surface area contributed by atoms with Crippen LogP contribution in [-0.2, 0) is 10.9 Å². The smallest absolute Gasteiger partial charge is 0.242 e. The van der Waals surface area contributed by atoms with Crippen LogP contribution in [0.1, 0.15) is 0 Å². The highest BCUT2D eigenvalue weighted by molar-refractivity contribution is 7.97. The second-order valence-electron chi connectivity index (χ2n) is 6.62. The molecule has 122 valence electrons. The molecule has 0 heterocycles. The first-order chi connectivity index (χ1) is 11.5. The van der Waals surface area contributed by atoms with Crippen LogP contribution in [0.15, 0.2) is 99.6 Å². The van der Waals surface area contributed by atoms with Crippen LogP contribution in [0.5, 0.6) is 5.75 Å². The third-order valence-corrected chi connectivity index (χ3v) is 6.48. The number of hydrogen-bond donors (Lipinski definition) is 0. The van der Waals surface area contributed by atoms with E-state index in [4.69, 9.17) is 4.43 Å². The molecule has 3 aromatic carbocycles. The van der Waals surface area contributed by atoms with Gasteiger partial charge in [-0.25, -0.2) is 0 Å². The lowest BCUT2D eigenvalue weighted by atomic mass is 10.3. The summed E-state index contributed by atoms with van der Waals surface area (Å²) >= 11 is 0. The first-order valence-corrected chi connectivity index (χ1v) is 12.8. The normalized spacial score (nSPS) is 11.5. The van der Waals surface area contributed by atoms with Gasteiger partial charge in [0.25, 0.3) is 0 Å². The highest BCUT2D eigenvalue weighted by Crippen LogP contribution is 2.33. The molecule has 0 amide bonds. The minimum Gasteiger partial charge on any atom is -0.544 e. The molecular formula is C21H23OSSi+. The van der Waals surface area contributed by atoms with Gasteiger partial charge < -0.3 is 4.43 Å². The van der Waals surface area contributed by atoms with Gasteiger partial charge in [0.05, 0.1) is 10.9 Å². The zero-order chi connectivity index (χ0) is 17.0. The van der Waals surface area contributed by atoms with E-state index in [2.05, 4.69) is 105 Å². The number of rotatable bonds is 5. The summed E-state index contributed by atoms with van der Waals surface area (Å²) in [6, 6.07) is 30.0. The van der Waals surface area contributed by atoms with Gasteiger partial charge >= 0.3 is 0 Å². The standard InChI is InChI=1S/C21H23OSSi/c1-24(2,3)22-18-11-10-16-21(17-18)23(19-12-6-4-7-13-19)20-14-8-5-9-15-20/h4-17H,1-3H3/q+1. The average Bonchev–Trinajstić information content (AvgIpc) is 2.56. The maximum absolute atomic E-state index is 6.21. The fraction of sp³-hybridized carbons (Fsp3) is 0.143. The zero-order valence-corrected chi connectivity index (χ0v) is 16.2. The van der Waals surface area contributed by atoms with Crippen molar-refractivity contribution in [2.45, 2.75) is 34.3 Å². The molecule has 0 bridgehead atoms. The maximum Gasteiger partial charge on any atom is 0.242 e. The molecule has 0 saturated heterocycles. The summed E-state index contributed by atoms with van der Waals surface area (Å²) in [5, 5.41) is 0. The largest absolute Gasteiger partial charge is 0.544 e. The Morgan fingerprint density at radius 1 is 0.625 bits per heavy atom. The topological polar surface area (TPSA) is 9.23 Å². The number of benzene rings is 3. The molecule has 24 heavy (non-hydrogen) atoms. The van der Waals surface area contributed by atoms with E-state index in [0.29, 0.717) is 0 Å². The molecule has 0 radical (unpaired) electrons. The van der Waals surface area contributed by atoms with Crippen LogP contribution < -0.4 is 4.43 Å². The molecule has 0 fully saturated rings. The van der Waals surface area contributed by atoms with Crippen molar-refractivity contribution in [3.05, 3.63) is 84.9 Å². The van der Waals surface area contributed by atoms with Crippen molar-refractivity contribution in [2.24, 2.45) is 0 Å². The third kappa shape index (κ3) is 4.31. The Labute approximate surface area is 148 Å². The van der Waals surface area contributed by atoms with Crippen LogP contribution in [0.3, 0.4) is 0 Å². The molecule has 1 nitrogen and oxygen atoms in total. The quantitative estimate of drug-likeness (QED) is 0.405. The van der Waals surface area contributed by atoms with Gasteiger partial charge in [0, 0.05) is 6.07 Å². The van der Waals surface area contributed by atoms with Crippen molar-refractivity contribution in [2.75, 3.05) is 0 Å². The van der Waals surface area contributed by atoms with Crippen LogP contribution in [0.4, 0.5) is 0 Å². The van der Waals surface area contributed by atoms with E-state index in [1.54, 1.807) is 0 Å². The molecule has 0 unspecified atom stereocenters. The second kappa shape index (κ2) is 7.28. The Morgan fingerprint density at radius 3 is 1.62 bits per heavy atom. The van der Waals surface area contributed by atoms with Crippen molar-refractivity contribution in [1.29, 1.82) is 0 Å². The molecule has 0 N–H and O–H groups in total. The van der Waals surface area contributed by atoms with E-state index < -0.39 is 8.32 Å². The summed E-state index contributed by atoms with van der Waals surface area (Å²) in [5.41, 5.74) is 0. The Kier molecular flexibility index (Phi) is 5.12.